The zero-order valence-corrected chi connectivity index (χ0v) is 36.9. The number of nitrogens with zero attached hydrogens (tertiary/aromatic N) is 1. The summed E-state index contributed by atoms with van der Waals surface area (Å²) in [6.45, 7) is 4.35. The maximum absolute atomic E-state index is 13.9. The number of unbranched alkanes of at least 4 members (excludes halogenated alkanes) is 29. The third-order valence-electron chi connectivity index (χ3n) is 11.9. The normalized spacial score (nSPS) is 19.5. The predicted octanol–water partition coefficient (Wildman–Crippen LogP) is 10.5. The SMILES string of the molecule is CCCCCCCCCCCCCCCCCCN(C(=O)CCCCCCCCCCCCCCCCC)[C@@H]1O[C@H](CO)[C@@H](O)[C@H](O)[C@@H]1NC(=O)CCCC(=O)O. The molecule has 2 amide bonds. The molecule has 336 valence electrons. The van der Waals surface area contributed by atoms with E-state index >= 15 is 0 Å². The van der Waals surface area contributed by atoms with Crippen LogP contribution in [0.15, 0.2) is 0 Å². The van der Waals surface area contributed by atoms with Gasteiger partial charge >= 0.3 is 5.97 Å². The summed E-state index contributed by atoms with van der Waals surface area (Å²) >= 11 is 0. The lowest BCUT2D eigenvalue weighted by Gasteiger charge is -2.47. The number of hydrogen-bond acceptors (Lipinski definition) is 7. The van der Waals surface area contributed by atoms with Gasteiger partial charge in [0.2, 0.25) is 11.8 Å². The van der Waals surface area contributed by atoms with E-state index in [9.17, 15) is 29.7 Å². The number of rotatable bonds is 40. The van der Waals surface area contributed by atoms with E-state index in [0.29, 0.717) is 13.0 Å². The number of aliphatic hydroxyl groups is 3. The van der Waals surface area contributed by atoms with Crippen LogP contribution in [0.25, 0.3) is 0 Å². The fourth-order valence-electron chi connectivity index (χ4n) is 8.19. The van der Waals surface area contributed by atoms with Gasteiger partial charge in [0, 0.05) is 25.8 Å². The molecule has 1 fully saturated rings. The van der Waals surface area contributed by atoms with Crippen LogP contribution in [-0.4, -0.2) is 86.8 Å². The minimum atomic E-state index is -1.48. The Morgan fingerprint density at radius 3 is 1.28 bits per heavy atom. The molecule has 10 heteroatoms. The molecular weight excluding hydrogens is 721 g/mol. The van der Waals surface area contributed by atoms with Gasteiger partial charge in [-0.25, -0.2) is 0 Å². The van der Waals surface area contributed by atoms with Gasteiger partial charge in [-0.3, -0.25) is 14.4 Å². The number of carbonyl (C=O) groups excluding carboxylic acids is 2. The monoisotopic (exact) mass is 811 g/mol. The van der Waals surface area contributed by atoms with Gasteiger partial charge in [0.05, 0.1) is 6.61 Å². The van der Waals surface area contributed by atoms with E-state index in [4.69, 9.17) is 9.84 Å². The van der Waals surface area contributed by atoms with Crippen LogP contribution < -0.4 is 5.32 Å². The number of aliphatic hydroxyl groups excluding tert-OH is 3. The average Bonchev–Trinajstić information content (AvgIpc) is 3.19. The molecule has 1 aliphatic heterocycles. The van der Waals surface area contributed by atoms with Crippen molar-refractivity contribution in [3.8, 4) is 0 Å². The molecule has 0 aromatic heterocycles. The van der Waals surface area contributed by atoms with Gasteiger partial charge in [0.1, 0.15) is 24.4 Å². The minimum absolute atomic E-state index is 0.0754. The maximum Gasteiger partial charge on any atom is 0.303 e. The van der Waals surface area contributed by atoms with Crippen LogP contribution in [0.2, 0.25) is 0 Å². The highest BCUT2D eigenvalue weighted by atomic mass is 16.5. The highest BCUT2D eigenvalue weighted by molar-refractivity contribution is 5.78. The molecule has 1 saturated heterocycles. The summed E-state index contributed by atoms with van der Waals surface area (Å²) in [5.41, 5.74) is 0. The fourth-order valence-corrected chi connectivity index (χ4v) is 8.19. The van der Waals surface area contributed by atoms with Crippen molar-refractivity contribution in [3.63, 3.8) is 0 Å². The van der Waals surface area contributed by atoms with E-state index in [-0.39, 0.29) is 25.2 Å². The van der Waals surface area contributed by atoms with Crippen LogP contribution >= 0.6 is 0 Å². The zero-order chi connectivity index (χ0) is 41.8. The average molecular weight is 811 g/mol. The maximum atomic E-state index is 13.9. The smallest absolute Gasteiger partial charge is 0.303 e. The van der Waals surface area contributed by atoms with Crippen molar-refractivity contribution < 1.29 is 39.5 Å². The van der Waals surface area contributed by atoms with Crippen LogP contribution in [0.4, 0.5) is 0 Å². The molecule has 1 heterocycles. The quantitative estimate of drug-likeness (QED) is 0.0383. The lowest BCUT2D eigenvalue weighted by atomic mass is 9.94. The van der Waals surface area contributed by atoms with Crippen molar-refractivity contribution in [2.45, 2.75) is 269 Å². The zero-order valence-electron chi connectivity index (χ0n) is 36.9. The van der Waals surface area contributed by atoms with Gasteiger partial charge in [-0.2, -0.15) is 0 Å². The van der Waals surface area contributed by atoms with Crippen molar-refractivity contribution in [2.24, 2.45) is 0 Å². The highest BCUT2D eigenvalue weighted by Crippen LogP contribution is 2.26. The number of aliphatic carboxylic acids is 1. The lowest BCUT2D eigenvalue weighted by molar-refractivity contribution is -0.231. The van der Waals surface area contributed by atoms with Crippen LogP contribution in [0.1, 0.15) is 239 Å². The number of ether oxygens (including phenoxy) is 1. The Balaban J connectivity index is 2.61. The summed E-state index contributed by atoms with van der Waals surface area (Å²) in [7, 11) is 0. The van der Waals surface area contributed by atoms with E-state index in [0.717, 1.165) is 51.4 Å². The standard InChI is InChI=1S/C47H90N2O8/c1-3-5-7-9-11-13-15-17-19-21-23-25-27-29-31-33-38-49(42(52)36-32-30-28-26-24-22-20-18-16-14-12-10-8-6-4-2)47-44(46(56)45(55)40(39-50)57-47)48-41(51)35-34-37-43(53)54/h40,44-47,50,55-56H,3-39H2,1-2H3,(H,48,51)(H,53,54)/t40-,44+,45-,46-,47-/m1/s1. The first kappa shape index (κ1) is 53.3. The Bertz CT molecular complexity index is 968. The first-order valence-electron chi connectivity index (χ1n) is 24.2. The number of amides is 2. The van der Waals surface area contributed by atoms with E-state index in [2.05, 4.69) is 19.2 Å². The Morgan fingerprint density at radius 2 is 0.895 bits per heavy atom. The molecule has 0 aliphatic carbocycles. The second-order valence-corrected chi connectivity index (χ2v) is 17.2. The van der Waals surface area contributed by atoms with Gasteiger partial charge in [-0.1, -0.05) is 200 Å². The summed E-state index contributed by atoms with van der Waals surface area (Å²) in [4.78, 5) is 39.4. The van der Waals surface area contributed by atoms with Crippen molar-refractivity contribution in [2.75, 3.05) is 13.2 Å². The van der Waals surface area contributed by atoms with Crippen molar-refractivity contribution in [3.05, 3.63) is 0 Å². The number of carboxylic acid groups (broad SMARTS) is 1. The minimum Gasteiger partial charge on any atom is -0.481 e. The summed E-state index contributed by atoms with van der Waals surface area (Å²) in [6.07, 6.45) is 33.5. The molecule has 0 bridgehead atoms. The van der Waals surface area contributed by atoms with E-state index < -0.39 is 49.1 Å². The van der Waals surface area contributed by atoms with Crippen molar-refractivity contribution in [1.82, 2.24) is 10.2 Å². The number of carbonyl (C=O) groups is 3. The number of hydrogen-bond donors (Lipinski definition) is 5. The third-order valence-corrected chi connectivity index (χ3v) is 11.9. The van der Waals surface area contributed by atoms with E-state index in [1.54, 1.807) is 4.90 Å². The molecule has 0 aromatic rings. The second-order valence-electron chi connectivity index (χ2n) is 17.2. The van der Waals surface area contributed by atoms with Gasteiger partial charge in [0.15, 0.2) is 6.23 Å². The van der Waals surface area contributed by atoms with Crippen LogP contribution in [0.3, 0.4) is 0 Å². The molecule has 1 aliphatic rings. The fraction of sp³-hybridized carbons (Fsp3) is 0.936. The van der Waals surface area contributed by atoms with Gasteiger partial charge in [-0.15, -0.1) is 0 Å². The Morgan fingerprint density at radius 1 is 0.509 bits per heavy atom. The predicted molar refractivity (Wildman–Crippen MR) is 232 cm³/mol. The summed E-state index contributed by atoms with van der Waals surface area (Å²) in [5.74, 6) is -1.61. The summed E-state index contributed by atoms with van der Waals surface area (Å²) < 4.78 is 6.10. The highest BCUT2D eigenvalue weighted by Gasteiger charge is 2.48. The van der Waals surface area contributed by atoms with Crippen molar-refractivity contribution in [1.29, 1.82) is 0 Å². The molecule has 0 unspecified atom stereocenters. The third kappa shape index (κ3) is 27.6. The van der Waals surface area contributed by atoms with Gasteiger partial charge in [-0.05, 0) is 19.3 Å². The molecule has 57 heavy (non-hydrogen) atoms. The molecule has 0 aromatic carbocycles. The largest absolute Gasteiger partial charge is 0.481 e. The molecule has 5 N–H and O–H groups in total. The Hall–Kier alpha value is -1.75. The van der Waals surface area contributed by atoms with Crippen LogP contribution in [0, 0.1) is 0 Å². The van der Waals surface area contributed by atoms with Crippen molar-refractivity contribution >= 4 is 17.8 Å². The number of carboxylic acids is 1. The van der Waals surface area contributed by atoms with Gasteiger partial charge in [0.25, 0.3) is 0 Å². The summed E-state index contributed by atoms with van der Waals surface area (Å²) in [6, 6.07) is -1.12. The lowest BCUT2D eigenvalue weighted by Crippen LogP contribution is -2.68. The molecule has 0 spiro atoms. The topological polar surface area (TPSA) is 157 Å². The molecule has 1 rings (SSSR count). The first-order valence-corrected chi connectivity index (χ1v) is 24.2. The van der Waals surface area contributed by atoms with Gasteiger partial charge < -0.3 is 35.4 Å². The van der Waals surface area contributed by atoms with Crippen LogP contribution in [-0.2, 0) is 19.1 Å². The molecule has 5 atom stereocenters. The van der Waals surface area contributed by atoms with Crippen LogP contribution in [0.5, 0.6) is 0 Å². The molecule has 0 radical (unpaired) electrons. The van der Waals surface area contributed by atoms with E-state index in [1.807, 2.05) is 0 Å². The number of nitrogens with one attached hydrogen (secondary N) is 1. The molecule has 0 saturated carbocycles. The first-order chi connectivity index (χ1) is 27.8. The Kier molecular flexibility index (Phi) is 34.8. The molecular formula is C47H90N2O8. The molecule has 10 nitrogen and oxygen atoms in total. The Labute approximate surface area is 349 Å². The van der Waals surface area contributed by atoms with E-state index in [1.165, 1.54) is 148 Å². The second kappa shape index (κ2) is 37.3. The summed E-state index contributed by atoms with van der Waals surface area (Å²) in [5, 5.41) is 43.6.